The molecule has 1 aliphatic heterocycles. The van der Waals surface area contributed by atoms with Crippen LogP contribution < -0.4 is 9.67 Å². The molecule has 0 saturated heterocycles. The van der Waals surface area contributed by atoms with E-state index in [4.69, 9.17) is 14.6 Å². The third-order valence-electron chi connectivity index (χ3n) is 5.54. The molecule has 0 saturated carbocycles. The molecule has 0 aliphatic carbocycles. The van der Waals surface area contributed by atoms with Crippen molar-refractivity contribution in [1.29, 1.82) is 0 Å². The van der Waals surface area contributed by atoms with Gasteiger partial charge in [0.05, 0.1) is 19.2 Å². The van der Waals surface area contributed by atoms with Gasteiger partial charge in [-0.1, -0.05) is 48.9 Å². The van der Waals surface area contributed by atoms with E-state index >= 15 is 0 Å². The van der Waals surface area contributed by atoms with Gasteiger partial charge in [-0.2, -0.15) is 0 Å². The van der Waals surface area contributed by atoms with Crippen LogP contribution in [0.2, 0.25) is 0 Å². The number of fused-ring (bicyclic) bond motifs is 1. The van der Waals surface area contributed by atoms with E-state index in [1.54, 1.807) is 0 Å². The van der Waals surface area contributed by atoms with Crippen molar-refractivity contribution >= 4 is 11.9 Å². The molecular formula is C26H30N2O4. The van der Waals surface area contributed by atoms with E-state index in [0.717, 1.165) is 26.4 Å². The fourth-order valence-electron chi connectivity index (χ4n) is 4.06. The molecular weight excluding hydrogens is 404 g/mol. The SMILES string of the molecule is CC(=O)[O-].COC(=O)c1ccc(C[n+]2cc(-c3ccccc3)n3c2CCCCCC3)cc1. The maximum absolute atomic E-state index is 11.7. The Morgan fingerprint density at radius 3 is 2.31 bits per heavy atom. The third kappa shape index (κ3) is 6.06. The number of aromatic nitrogens is 2. The molecule has 6 nitrogen and oxygen atoms in total. The fourth-order valence-corrected chi connectivity index (χ4v) is 4.06. The van der Waals surface area contributed by atoms with E-state index < -0.39 is 5.97 Å². The van der Waals surface area contributed by atoms with Gasteiger partial charge in [-0.15, -0.1) is 0 Å². The number of ether oxygens (including phenoxy) is 1. The zero-order valence-electron chi connectivity index (χ0n) is 18.8. The minimum absolute atomic E-state index is 0.292. The summed E-state index contributed by atoms with van der Waals surface area (Å²) in [5.41, 5.74) is 4.34. The Labute approximate surface area is 189 Å². The number of carbonyl (C=O) groups is 2. The second-order valence-electron chi connectivity index (χ2n) is 7.92. The van der Waals surface area contributed by atoms with E-state index in [-0.39, 0.29) is 5.97 Å². The Kier molecular flexibility index (Phi) is 8.20. The van der Waals surface area contributed by atoms with E-state index in [0.29, 0.717) is 5.56 Å². The van der Waals surface area contributed by atoms with Gasteiger partial charge in [0, 0.05) is 18.0 Å². The van der Waals surface area contributed by atoms with Crippen molar-refractivity contribution in [2.75, 3.05) is 7.11 Å². The summed E-state index contributed by atoms with van der Waals surface area (Å²) in [6.07, 6.45) is 8.48. The highest BCUT2D eigenvalue weighted by Crippen LogP contribution is 2.24. The quantitative estimate of drug-likeness (QED) is 0.467. The number of benzene rings is 2. The number of nitrogens with zero attached hydrogens (tertiary/aromatic N) is 2. The number of carboxylic acid groups (broad SMARTS) is 1. The van der Waals surface area contributed by atoms with Crippen LogP contribution in [0.1, 0.15) is 54.4 Å². The largest absolute Gasteiger partial charge is 0.550 e. The topological polar surface area (TPSA) is 75.2 Å². The van der Waals surface area contributed by atoms with Gasteiger partial charge in [0.25, 0.3) is 5.82 Å². The van der Waals surface area contributed by atoms with Crippen molar-refractivity contribution in [1.82, 2.24) is 4.57 Å². The number of aliphatic carboxylic acids is 1. The van der Waals surface area contributed by atoms with E-state index in [2.05, 4.69) is 45.7 Å². The van der Waals surface area contributed by atoms with Crippen LogP contribution >= 0.6 is 0 Å². The van der Waals surface area contributed by atoms with Crippen LogP contribution in [0.4, 0.5) is 0 Å². The Morgan fingerprint density at radius 1 is 1.00 bits per heavy atom. The molecule has 3 aromatic rings. The predicted octanol–water partition coefficient (Wildman–Crippen LogP) is 3.15. The summed E-state index contributed by atoms with van der Waals surface area (Å²) in [7, 11) is 1.41. The number of hydrogen-bond donors (Lipinski definition) is 0. The molecule has 1 aromatic heterocycles. The Morgan fingerprint density at radius 2 is 1.66 bits per heavy atom. The highest BCUT2D eigenvalue weighted by Gasteiger charge is 2.25. The van der Waals surface area contributed by atoms with Crippen LogP contribution in [-0.4, -0.2) is 23.6 Å². The van der Waals surface area contributed by atoms with E-state index in [9.17, 15) is 4.79 Å². The van der Waals surface area contributed by atoms with Crippen molar-refractivity contribution in [2.24, 2.45) is 0 Å². The summed E-state index contributed by atoms with van der Waals surface area (Å²) in [6.45, 7) is 2.86. The Bertz CT molecular complexity index is 1040. The number of imidazole rings is 1. The van der Waals surface area contributed by atoms with Crippen molar-refractivity contribution < 1.29 is 24.0 Å². The second-order valence-corrected chi connectivity index (χ2v) is 7.92. The summed E-state index contributed by atoms with van der Waals surface area (Å²) < 4.78 is 9.70. The smallest absolute Gasteiger partial charge is 0.337 e. The molecule has 32 heavy (non-hydrogen) atoms. The molecule has 0 amide bonds. The van der Waals surface area contributed by atoms with Gasteiger partial charge >= 0.3 is 5.97 Å². The molecule has 0 atom stereocenters. The van der Waals surface area contributed by atoms with Crippen LogP contribution in [0, 0.1) is 0 Å². The molecule has 0 radical (unpaired) electrons. The molecule has 0 N–H and O–H groups in total. The first kappa shape index (κ1) is 23.3. The lowest BCUT2D eigenvalue weighted by molar-refractivity contribution is -0.695. The maximum Gasteiger partial charge on any atom is 0.337 e. The van der Waals surface area contributed by atoms with Crippen LogP contribution in [0.15, 0.2) is 60.8 Å². The van der Waals surface area contributed by atoms with Gasteiger partial charge in [-0.3, -0.25) is 0 Å². The average Bonchev–Trinajstić information content (AvgIpc) is 3.09. The minimum Gasteiger partial charge on any atom is -0.550 e. The summed E-state index contributed by atoms with van der Waals surface area (Å²) in [4.78, 5) is 20.6. The van der Waals surface area contributed by atoms with Gasteiger partial charge in [0.15, 0.2) is 5.69 Å². The van der Waals surface area contributed by atoms with Crippen molar-refractivity contribution in [3.8, 4) is 11.3 Å². The molecule has 0 spiro atoms. The maximum atomic E-state index is 11.7. The average molecular weight is 435 g/mol. The molecule has 0 bridgehead atoms. The fraction of sp³-hybridized carbons (Fsp3) is 0.346. The molecule has 0 unspecified atom stereocenters. The summed E-state index contributed by atoms with van der Waals surface area (Å²) in [5.74, 6) is 0.0233. The number of rotatable bonds is 4. The molecule has 4 rings (SSSR count). The summed E-state index contributed by atoms with van der Waals surface area (Å²) >= 11 is 0. The lowest BCUT2D eigenvalue weighted by Crippen LogP contribution is -2.38. The first-order valence-electron chi connectivity index (χ1n) is 11.0. The predicted molar refractivity (Wildman–Crippen MR) is 120 cm³/mol. The van der Waals surface area contributed by atoms with E-state index in [1.165, 1.54) is 55.4 Å². The molecule has 1 aliphatic rings. The number of methoxy groups -OCH3 is 1. The lowest BCUT2D eigenvalue weighted by atomic mass is 10.1. The number of esters is 1. The zero-order chi connectivity index (χ0) is 22.9. The summed E-state index contributed by atoms with van der Waals surface area (Å²) in [5, 5.41) is 8.89. The van der Waals surface area contributed by atoms with Crippen LogP contribution in [0.3, 0.4) is 0 Å². The van der Waals surface area contributed by atoms with E-state index in [1.807, 2.05) is 24.3 Å². The molecule has 2 heterocycles. The highest BCUT2D eigenvalue weighted by molar-refractivity contribution is 5.89. The van der Waals surface area contributed by atoms with Gasteiger partial charge in [-0.05, 0) is 43.9 Å². The van der Waals surface area contributed by atoms with Crippen molar-refractivity contribution in [3.63, 3.8) is 0 Å². The van der Waals surface area contributed by atoms with Gasteiger partial charge in [0.2, 0.25) is 0 Å². The summed E-state index contributed by atoms with van der Waals surface area (Å²) in [6, 6.07) is 18.4. The Hall–Kier alpha value is -3.41. The monoisotopic (exact) mass is 434 g/mol. The van der Waals surface area contributed by atoms with Crippen LogP contribution in [0.25, 0.3) is 11.3 Å². The molecule has 2 aromatic carbocycles. The molecule has 6 heteroatoms. The van der Waals surface area contributed by atoms with Crippen LogP contribution in [0.5, 0.6) is 0 Å². The van der Waals surface area contributed by atoms with Gasteiger partial charge in [0.1, 0.15) is 12.7 Å². The van der Waals surface area contributed by atoms with Crippen molar-refractivity contribution in [2.45, 2.75) is 52.1 Å². The second kappa shape index (κ2) is 11.3. The number of carboxylic acids is 1. The third-order valence-corrected chi connectivity index (χ3v) is 5.54. The number of hydrogen-bond acceptors (Lipinski definition) is 4. The highest BCUT2D eigenvalue weighted by atomic mass is 16.5. The van der Waals surface area contributed by atoms with Gasteiger partial charge in [-0.25, -0.2) is 13.9 Å². The standard InChI is InChI=1S/C24H27N2O2.C2H4O2/c1-28-24(27)21-14-12-19(13-15-21)17-25-18-22(20-9-5-4-6-10-20)26-16-8-3-2-7-11-23(25)26;1-2(3)4/h4-6,9-10,12-15,18H,2-3,7-8,11,16-17H2,1H3;1H3,(H,3,4)/q+1;/p-1. The first-order chi connectivity index (χ1) is 15.5. The van der Waals surface area contributed by atoms with Gasteiger partial charge < -0.3 is 14.6 Å². The zero-order valence-corrected chi connectivity index (χ0v) is 18.8. The normalized spacial score (nSPS) is 13.1. The molecule has 0 fully saturated rings. The first-order valence-corrected chi connectivity index (χ1v) is 11.0. The van der Waals surface area contributed by atoms with Crippen LogP contribution in [-0.2, 0) is 29.0 Å². The van der Waals surface area contributed by atoms with Crippen molar-refractivity contribution in [3.05, 3.63) is 77.7 Å². The minimum atomic E-state index is -1.08. The number of carbonyl (C=O) groups excluding carboxylic acids is 2. The molecule has 168 valence electrons. The lowest BCUT2D eigenvalue weighted by Gasteiger charge is -2.10. The Balaban J connectivity index is 0.000000668.